The second kappa shape index (κ2) is 15.0. The van der Waals surface area contributed by atoms with E-state index in [1.165, 1.54) is 0 Å². The maximum absolute atomic E-state index is 11.8. The number of halogens is 1. The summed E-state index contributed by atoms with van der Waals surface area (Å²) in [4.78, 5) is 9.30. The molecule has 1 aliphatic heterocycles. The molecule has 0 atom stereocenters. The highest BCUT2D eigenvalue weighted by Gasteiger charge is 2.35. The van der Waals surface area contributed by atoms with Gasteiger partial charge in [-0.1, -0.05) is 17.7 Å². The molecule has 0 unspecified atom stereocenters. The molecule has 43 heavy (non-hydrogen) atoms. The zero-order chi connectivity index (χ0) is 30.1. The molecule has 0 spiro atoms. The van der Waals surface area contributed by atoms with E-state index in [0.29, 0.717) is 75.3 Å². The van der Waals surface area contributed by atoms with Gasteiger partial charge in [0.2, 0.25) is 10.0 Å². The first-order valence-corrected chi connectivity index (χ1v) is 17.2. The van der Waals surface area contributed by atoms with Crippen LogP contribution in [-0.4, -0.2) is 81.8 Å². The van der Waals surface area contributed by atoms with Crippen LogP contribution in [0.1, 0.15) is 51.4 Å². The van der Waals surface area contributed by atoms with Gasteiger partial charge >= 0.3 is 0 Å². The Morgan fingerprint density at radius 1 is 1.05 bits per heavy atom. The van der Waals surface area contributed by atoms with E-state index in [-0.39, 0.29) is 5.25 Å². The first-order chi connectivity index (χ1) is 20.9. The fourth-order valence-electron chi connectivity index (χ4n) is 5.59. The maximum Gasteiger partial charge on any atom is 0.214 e. The highest BCUT2D eigenvalue weighted by Crippen LogP contribution is 2.32. The van der Waals surface area contributed by atoms with Crippen molar-refractivity contribution < 1.29 is 17.9 Å². The molecule has 3 heterocycles. The smallest absolute Gasteiger partial charge is 0.214 e. The van der Waals surface area contributed by atoms with E-state index in [1.807, 2.05) is 24.3 Å². The molecule has 0 bridgehead atoms. The van der Waals surface area contributed by atoms with Gasteiger partial charge in [0.15, 0.2) is 0 Å². The first kappa shape index (κ1) is 31.9. The van der Waals surface area contributed by atoms with Gasteiger partial charge in [-0.15, -0.1) is 0 Å². The third-order valence-electron chi connectivity index (χ3n) is 8.45. The van der Waals surface area contributed by atoms with Crippen molar-refractivity contribution in [3.8, 4) is 17.3 Å². The lowest BCUT2D eigenvalue weighted by Gasteiger charge is -2.30. The van der Waals surface area contributed by atoms with Gasteiger partial charge in [0, 0.05) is 56.7 Å². The van der Waals surface area contributed by atoms with Crippen LogP contribution in [0.3, 0.4) is 0 Å². The summed E-state index contributed by atoms with van der Waals surface area (Å²) in [6.07, 6.45) is 8.75. The number of hydrogen-bond acceptors (Lipinski definition) is 10. The van der Waals surface area contributed by atoms with Crippen molar-refractivity contribution in [2.45, 2.75) is 68.7 Å². The number of ether oxygens (including phenoxy) is 2. The molecule has 11 nitrogen and oxygen atoms in total. The fourth-order valence-corrected chi connectivity index (χ4v) is 7.15. The van der Waals surface area contributed by atoms with Gasteiger partial charge < -0.3 is 25.4 Å². The van der Waals surface area contributed by atoms with E-state index in [4.69, 9.17) is 26.1 Å². The number of pyridine rings is 2. The minimum Gasteiger partial charge on any atom is -0.381 e. The second-order valence-corrected chi connectivity index (χ2v) is 14.2. The highest BCUT2D eigenvalue weighted by atomic mass is 35.5. The number of aromatic nitrogens is 2. The molecule has 0 radical (unpaired) electrons. The summed E-state index contributed by atoms with van der Waals surface area (Å²) in [5.74, 6) is 1.47. The van der Waals surface area contributed by atoms with E-state index >= 15 is 0 Å². The summed E-state index contributed by atoms with van der Waals surface area (Å²) >= 11 is 6.56. The van der Waals surface area contributed by atoms with Gasteiger partial charge in [-0.05, 0) is 69.6 Å². The fraction of sp³-hybridized carbons (Fsp3) is 0.633. The zero-order valence-electron chi connectivity index (χ0n) is 24.5. The van der Waals surface area contributed by atoms with Gasteiger partial charge in [0.1, 0.15) is 11.6 Å². The topological polar surface area (TPSA) is 150 Å². The van der Waals surface area contributed by atoms with E-state index in [0.717, 1.165) is 62.1 Å². The minimum absolute atomic E-state index is 0.194. The number of nitrogens with zero attached hydrogens (tertiary/aromatic N) is 3. The molecule has 2 saturated carbocycles. The average Bonchev–Trinajstić information content (AvgIpc) is 3.89. The Hall–Kier alpha value is -2.53. The van der Waals surface area contributed by atoms with Crippen LogP contribution in [-0.2, 0) is 19.5 Å². The van der Waals surface area contributed by atoms with Crippen LogP contribution in [0.25, 0.3) is 11.3 Å². The molecule has 4 N–H and O–H groups in total. The Morgan fingerprint density at radius 2 is 1.79 bits per heavy atom. The lowest BCUT2D eigenvalue weighted by atomic mass is 9.82. The van der Waals surface area contributed by atoms with Gasteiger partial charge in [0.25, 0.3) is 0 Å². The van der Waals surface area contributed by atoms with Crippen LogP contribution in [0.4, 0.5) is 11.6 Å². The largest absolute Gasteiger partial charge is 0.381 e. The molecule has 2 aliphatic carbocycles. The van der Waals surface area contributed by atoms with Crippen molar-refractivity contribution in [1.82, 2.24) is 20.0 Å². The molecule has 1 saturated heterocycles. The van der Waals surface area contributed by atoms with Crippen molar-refractivity contribution in [2.75, 3.05) is 56.7 Å². The van der Waals surface area contributed by atoms with Crippen molar-refractivity contribution in [2.24, 2.45) is 5.41 Å². The van der Waals surface area contributed by atoms with Crippen molar-refractivity contribution in [3.63, 3.8) is 0 Å². The lowest BCUT2D eigenvalue weighted by molar-refractivity contribution is 0.0455. The van der Waals surface area contributed by atoms with Crippen LogP contribution >= 0.6 is 11.6 Å². The SMILES string of the molecule is N#CC1(CNc2cccc(-c3cc(NC4CCC(NCCOCCNS(=O)(=O)C5CC5)CC4)ncc3Cl)n2)CCOCC1. The number of anilines is 2. The monoisotopic (exact) mass is 631 g/mol. The van der Waals surface area contributed by atoms with Gasteiger partial charge in [-0.25, -0.2) is 23.1 Å². The average molecular weight is 632 g/mol. The number of sulfonamides is 1. The highest BCUT2D eigenvalue weighted by molar-refractivity contribution is 7.90. The molecular formula is C30H42ClN7O4S. The Morgan fingerprint density at radius 3 is 2.53 bits per heavy atom. The summed E-state index contributed by atoms with van der Waals surface area (Å²) in [5.41, 5.74) is 1.11. The van der Waals surface area contributed by atoms with Crippen LogP contribution in [0.2, 0.25) is 5.02 Å². The third kappa shape index (κ3) is 9.23. The lowest BCUT2D eigenvalue weighted by Crippen LogP contribution is -2.38. The zero-order valence-corrected chi connectivity index (χ0v) is 26.1. The van der Waals surface area contributed by atoms with Crippen molar-refractivity contribution in [3.05, 3.63) is 35.5 Å². The van der Waals surface area contributed by atoms with Crippen LogP contribution in [0, 0.1) is 16.7 Å². The van der Waals surface area contributed by atoms with E-state index in [2.05, 4.69) is 31.7 Å². The molecular weight excluding hydrogens is 590 g/mol. The molecule has 2 aromatic heterocycles. The van der Waals surface area contributed by atoms with Gasteiger partial charge in [-0.2, -0.15) is 5.26 Å². The predicted molar refractivity (Wildman–Crippen MR) is 167 cm³/mol. The number of rotatable bonds is 15. The Bertz CT molecular complexity index is 1350. The molecule has 234 valence electrons. The number of nitrogens with one attached hydrogen (secondary N) is 4. The quantitative estimate of drug-likeness (QED) is 0.213. The second-order valence-electron chi connectivity index (χ2n) is 11.7. The third-order valence-corrected chi connectivity index (χ3v) is 10.7. The Kier molecular flexibility index (Phi) is 11.1. The molecule has 2 aromatic rings. The molecule has 0 aromatic carbocycles. The van der Waals surface area contributed by atoms with Gasteiger partial charge in [-0.3, -0.25) is 0 Å². The summed E-state index contributed by atoms with van der Waals surface area (Å²) in [6.45, 7) is 3.74. The predicted octanol–water partition coefficient (Wildman–Crippen LogP) is 3.94. The summed E-state index contributed by atoms with van der Waals surface area (Å²) in [7, 11) is -3.13. The van der Waals surface area contributed by atoms with E-state index in [1.54, 1.807) is 6.20 Å². The van der Waals surface area contributed by atoms with Crippen LogP contribution < -0.4 is 20.7 Å². The summed E-state index contributed by atoms with van der Waals surface area (Å²) < 4.78 is 37.3. The van der Waals surface area contributed by atoms with Crippen molar-refractivity contribution in [1.29, 1.82) is 5.26 Å². The number of hydrogen-bond donors (Lipinski definition) is 4. The Balaban J connectivity index is 1.04. The summed E-state index contributed by atoms with van der Waals surface area (Å²) in [5, 5.41) is 20.6. The minimum atomic E-state index is -3.13. The van der Waals surface area contributed by atoms with E-state index < -0.39 is 15.4 Å². The Labute approximate surface area is 259 Å². The van der Waals surface area contributed by atoms with Crippen molar-refractivity contribution >= 4 is 33.3 Å². The van der Waals surface area contributed by atoms with Crippen LogP contribution in [0.5, 0.6) is 0 Å². The van der Waals surface area contributed by atoms with Crippen LogP contribution in [0.15, 0.2) is 30.5 Å². The molecule has 3 fully saturated rings. The molecule has 0 amide bonds. The normalized spacial score (nSPS) is 22.0. The number of nitriles is 1. The standard InChI is InChI=1S/C30H42ClN7O4S/c31-26-19-34-29(18-25(26)27-2-1-3-28(38-27)35-21-30(20-32)10-14-41-15-11-30)37-23-6-4-22(5-7-23)33-12-16-42-17-13-36-43(39,40)24-8-9-24/h1-3,18-19,22-24,33,36H,4-17,21H2,(H,34,37)(H,35,38). The molecule has 3 aliphatic rings. The summed E-state index contributed by atoms with van der Waals surface area (Å²) in [6, 6.07) is 11.0. The first-order valence-electron chi connectivity index (χ1n) is 15.3. The molecule has 13 heteroatoms. The van der Waals surface area contributed by atoms with E-state index in [9.17, 15) is 13.7 Å². The van der Waals surface area contributed by atoms with Gasteiger partial charge in [0.05, 0.1) is 40.7 Å². The maximum atomic E-state index is 11.8. The molecule has 5 rings (SSSR count).